The van der Waals surface area contributed by atoms with Gasteiger partial charge in [-0.05, 0) is 53.5 Å². The van der Waals surface area contributed by atoms with E-state index in [1.807, 2.05) is 46.8 Å². The van der Waals surface area contributed by atoms with E-state index in [2.05, 4.69) is 90.8 Å². The number of benzene rings is 3. The fourth-order valence-corrected chi connectivity index (χ4v) is 2.69. The summed E-state index contributed by atoms with van der Waals surface area (Å²) in [7, 11) is 0. The van der Waals surface area contributed by atoms with Crippen molar-refractivity contribution in [2.24, 2.45) is 0 Å². The standard InChI is InChI=1S/C23H21N.2C2H6/c1-3-18(4-2)20-10-14-22(15-11-20)24-23-16-12-21(13-17-23)19-8-6-5-7-9-19;2*1-2/h3-17,24H,1H2,2H3;2*1-2H3/b18-4+;;. The zero-order valence-corrected chi connectivity index (χ0v) is 17.9. The van der Waals surface area contributed by atoms with Crippen LogP contribution in [0.1, 0.15) is 40.2 Å². The molecule has 3 aromatic rings. The Bertz CT molecular complexity index is 826. The first-order valence-electron chi connectivity index (χ1n) is 10.1. The number of hydrogen-bond acceptors (Lipinski definition) is 1. The Balaban J connectivity index is 0.000000921. The highest BCUT2D eigenvalue weighted by molar-refractivity contribution is 5.75. The first-order chi connectivity index (χ1) is 13.8. The predicted octanol–water partition coefficient (Wildman–Crippen LogP) is 8.74. The minimum atomic E-state index is 1.07. The molecule has 0 aromatic heterocycles. The smallest absolute Gasteiger partial charge is 0.0384 e. The fourth-order valence-electron chi connectivity index (χ4n) is 2.69. The van der Waals surface area contributed by atoms with Crippen molar-refractivity contribution < 1.29 is 0 Å². The van der Waals surface area contributed by atoms with Gasteiger partial charge < -0.3 is 5.32 Å². The fraction of sp³-hybridized carbons (Fsp3) is 0.185. The van der Waals surface area contributed by atoms with Crippen LogP contribution < -0.4 is 5.32 Å². The number of hydrogen-bond donors (Lipinski definition) is 1. The number of allylic oxidation sites excluding steroid dienone is 3. The third-order valence-electron chi connectivity index (χ3n) is 4.03. The van der Waals surface area contributed by atoms with Crippen molar-refractivity contribution >= 4 is 16.9 Å². The zero-order valence-electron chi connectivity index (χ0n) is 17.9. The molecular formula is C27H33N. The van der Waals surface area contributed by atoms with Crippen LogP contribution >= 0.6 is 0 Å². The van der Waals surface area contributed by atoms with E-state index in [0.29, 0.717) is 0 Å². The van der Waals surface area contributed by atoms with E-state index in [9.17, 15) is 0 Å². The summed E-state index contributed by atoms with van der Waals surface area (Å²) in [6.07, 6.45) is 3.95. The molecule has 0 unspecified atom stereocenters. The first-order valence-corrected chi connectivity index (χ1v) is 10.1. The van der Waals surface area contributed by atoms with Crippen LogP contribution in [0.4, 0.5) is 11.4 Å². The van der Waals surface area contributed by atoms with E-state index in [4.69, 9.17) is 0 Å². The molecule has 0 heterocycles. The van der Waals surface area contributed by atoms with Crippen molar-refractivity contribution in [1.82, 2.24) is 0 Å². The van der Waals surface area contributed by atoms with Crippen molar-refractivity contribution in [2.45, 2.75) is 34.6 Å². The first kappa shape index (κ1) is 23.0. The lowest BCUT2D eigenvalue weighted by molar-refractivity contribution is 1.50. The summed E-state index contributed by atoms with van der Waals surface area (Å²) < 4.78 is 0. The van der Waals surface area contributed by atoms with E-state index in [-0.39, 0.29) is 0 Å². The number of rotatable bonds is 5. The van der Waals surface area contributed by atoms with Gasteiger partial charge in [0.05, 0.1) is 0 Å². The van der Waals surface area contributed by atoms with E-state index in [1.165, 1.54) is 16.7 Å². The van der Waals surface area contributed by atoms with Crippen molar-refractivity contribution in [3.05, 3.63) is 103 Å². The maximum Gasteiger partial charge on any atom is 0.0384 e. The highest BCUT2D eigenvalue weighted by atomic mass is 14.9. The number of nitrogens with one attached hydrogen (secondary N) is 1. The van der Waals surface area contributed by atoms with Gasteiger partial charge in [-0.3, -0.25) is 0 Å². The van der Waals surface area contributed by atoms with Crippen LogP contribution in [0.25, 0.3) is 16.7 Å². The molecule has 146 valence electrons. The Labute approximate surface area is 171 Å². The van der Waals surface area contributed by atoms with Gasteiger partial charge in [0.15, 0.2) is 0 Å². The van der Waals surface area contributed by atoms with Gasteiger partial charge in [-0.2, -0.15) is 0 Å². The maximum atomic E-state index is 3.85. The minimum Gasteiger partial charge on any atom is -0.356 e. The summed E-state index contributed by atoms with van der Waals surface area (Å²) in [6, 6.07) is 27.3. The van der Waals surface area contributed by atoms with E-state index >= 15 is 0 Å². The molecule has 0 amide bonds. The molecule has 0 fully saturated rings. The molecule has 0 aliphatic carbocycles. The summed E-state index contributed by atoms with van der Waals surface area (Å²) in [5.41, 5.74) is 6.94. The van der Waals surface area contributed by atoms with Gasteiger partial charge in [0.1, 0.15) is 0 Å². The zero-order chi connectivity index (χ0) is 20.8. The summed E-state index contributed by atoms with van der Waals surface area (Å²) >= 11 is 0. The lowest BCUT2D eigenvalue weighted by Gasteiger charge is -2.09. The van der Waals surface area contributed by atoms with Gasteiger partial charge in [-0.15, -0.1) is 0 Å². The molecule has 0 saturated heterocycles. The SMILES string of the molecule is C=C/C(=C\C)c1ccc(Nc2ccc(-c3ccccc3)cc2)cc1.CC.CC. The molecule has 0 saturated carbocycles. The largest absolute Gasteiger partial charge is 0.356 e. The van der Waals surface area contributed by atoms with E-state index in [1.54, 1.807) is 0 Å². The number of anilines is 2. The van der Waals surface area contributed by atoms with Crippen LogP contribution in [-0.4, -0.2) is 0 Å². The van der Waals surface area contributed by atoms with E-state index < -0.39 is 0 Å². The quantitative estimate of drug-likeness (QED) is 0.442. The molecule has 0 bridgehead atoms. The molecule has 0 aliphatic rings. The third kappa shape index (κ3) is 6.59. The average molecular weight is 372 g/mol. The van der Waals surface area contributed by atoms with Crippen LogP contribution in [0, 0.1) is 0 Å². The summed E-state index contributed by atoms with van der Waals surface area (Å²) in [4.78, 5) is 0. The Morgan fingerprint density at radius 2 is 1.14 bits per heavy atom. The third-order valence-corrected chi connectivity index (χ3v) is 4.03. The molecule has 1 heteroatoms. The average Bonchev–Trinajstić information content (AvgIpc) is 2.80. The lowest BCUT2D eigenvalue weighted by atomic mass is 10.0. The van der Waals surface area contributed by atoms with Gasteiger partial charge in [-0.1, -0.05) is 101 Å². The van der Waals surface area contributed by atoms with Gasteiger partial charge in [0.25, 0.3) is 0 Å². The van der Waals surface area contributed by atoms with Crippen molar-refractivity contribution in [1.29, 1.82) is 0 Å². The van der Waals surface area contributed by atoms with Crippen LogP contribution in [0.3, 0.4) is 0 Å². The second kappa shape index (κ2) is 13.2. The van der Waals surface area contributed by atoms with Gasteiger partial charge in [0, 0.05) is 11.4 Å². The van der Waals surface area contributed by atoms with Crippen molar-refractivity contribution in [3.8, 4) is 11.1 Å². The molecule has 1 N–H and O–H groups in total. The Morgan fingerprint density at radius 1 is 0.679 bits per heavy atom. The molecule has 0 aliphatic heterocycles. The highest BCUT2D eigenvalue weighted by Gasteiger charge is 2.00. The summed E-state index contributed by atoms with van der Waals surface area (Å²) in [5, 5.41) is 3.44. The predicted molar refractivity (Wildman–Crippen MR) is 128 cm³/mol. The van der Waals surface area contributed by atoms with Crippen molar-refractivity contribution in [3.63, 3.8) is 0 Å². The van der Waals surface area contributed by atoms with Crippen LogP contribution in [0.2, 0.25) is 0 Å². The highest BCUT2D eigenvalue weighted by Crippen LogP contribution is 2.24. The second-order valence-corrected chi connectivity index (χ2v) is 5.59. The molecule has 3 rings (SSSR count). The van der Waals surface area contributed by atoms with Gasteiger partial charge >= 0.3 is 0 Å². The Kier molecular flexibility index (Phi) is 10.8. The Hall–Kier alpha value is -3.06. The van der Waals surface area contributed by atoms with Crippen LogP contribution in [-0.2, 0) is 0 Å². The van der Waals surface area contributed by atoms with Crippen molar-refractivity contribution in [2.75, 3.05) is 5.32 Å². The molecule has 0 atom stereocenters. The molecular weight excluding hydrogens is 338 g/mol. The second-order valence-electron chi connectivity index (χ2n) is 5.59. The molecule has 3 aromatic carbocycles. The summed E-state index contributed by atoms with van der Waals surface area (Å²) in [6.45, 7) is 13.9. The van der Waals surface area contributed by atoms with Crippen LogP contribution in [0.15, 0.2) is 97.6 Å². The maximum absolute atomic E-state index is 3.85. The topological polar surface area (TPSA) is 12.0 Å². The normalized spacial score (nSPS) is 9.96. The summed E-state index contributed by atoms with van der Waals surface area (Å²) in [5.74, 6) is 0. The minimum absolute atomic E-state index is 1.07. The monoisotopic (exact) mass is 371 g/mol. The van der Waals surface area contributed by atoms with Crippen LogP contribution in [0.5, 0.6) is 0 Å². The van der Waals surface area contributed by atoms with Gasteiger partial charge in [0.2, 0.25) is 0 Å². The Morgan fingerprint density at radius 3 is 1.61 bits per heavy atom. The van der Waals surface area contributed by atoms with E-state index in [0.717, 1.165) is 16.9 Å². The molecule has 0 radical (unpaired) electrons. The molecule has 28 heavy (non-hydrogen) atoms. The molecule has 1 nitrogen and oxygen atoms in total. The lowest BCUT2D eigenvalue weighted by Crippen LogP contribution is -1.90. The molecule has 0 spiro atoms. The van der Waals surface area contributed by atoms with Gasteiger partial charge in [-0.25, -0.2) is 0 Å².